The third-order valence-corrected chi connectivity index (χ3v) is 11.3. The molecule has 4 atom stereocenters. The summed E-state index contributed by atoms with van der Waals surface area (Å²) in [5.41, 5.74) is 0. The van der Waals surface area contributed by atoms with E-state index in [-0.39, 0.29) is 23.7 Å². The molecule has 1 aliphatic heterocycles. The molecule has 1 heterocycles. The average Bonchev–Trinajstić information content (AvgIpc) is 3.05. The first kappa shape index (κ1) is 37.6. The predicted octanol–water partition coefficient (Wildman–Crippen LogP) is 4.93. The van der Waals surface area contributed by atoms with Crippen molar-refractivity contribution in [3.05, 3.63) is 85.0 Å². The minimum absolute atomic E-state index is 0.184. The van der Waals surface area contributed by atoms with E-state index in [0.29, 0.717) is 24.7 Å². The Morgan fingerprint density at radius 1 is 0.674 bits per heavy atom. The number of esters is 2. The van der Waals surface area contributed by atoms with Crippen LogP contribution in [0, 0.1) is 0 Å². The van der Waals surface area contributed by atoms with Gasteiger partial charge in [-0.2, -0.15) is 23.5 Å². The molecule has 4 unspecified atom stereocenters. The van der Waals surface area contributed by atoms with E-state index in [1.807, 2.05) is 60.7 Å². The molecule has 46 heavy (non-hydrogen) atoms. The van der Waals surface area contributed by atoms with Gasteiger partial charge in [-0.15, -0.1) is 23.5 Å². The van der Waals surface area contributed by atoms with Gasteiger partial charge >= 0.3 is 23.9 Å². The minimum Gasteiger partial charge on any atom is -0.478 e. The Bertz CT molecular complexity index is 1180. The van der Waals surface area contributed by atoms with E-state index < -0.39 is 36.1 Å². The Labute approximate surface area is 285 Å². The van der Waals surface area contributed by atoms with E-state index >= 15 is 0 Å². The standard InChI is InChI=1S/C32H36O10S4/c33-29(34)11-13-31(37)41-23(19-43-25-7-3-1-4-8-25)15-39-17-27-21-46-28(22-45-27)18-40-16-24(42-32(38)14-12-30(35)36)20-44-26-9-5-2-6-10-26/h1-14,23-24,27-28H,15-22H2,(H,33,34)(H,35,36)/b13-11-,14-12-. The molecule has 0 radical (unpaired) electrons. The summed E-state index contributed by atoms with van der Waals surface area (Å²) in [6.45, 7) is 1.31. The largest absolute Gasteiger partial charge is 0.478 e. The summed E-state index contributed by atoms with van der Waals surface area (Å²) in [4.78, 5) is 47.7. The van der Waals surface area contributed by atoms with Gasteiger partial charge in [-0.05, 0) is 24.3 Å². The van der Waals surface area contributed by atoms with Gasteiger partial charge in [0.05, 0.1) is 26.4 Å². The normalized spacial score (nSPS) is 17.8. The number of carboxylic acid groups (broad SMARTS) is 2. The van der Waals surface area contributed by atoms with E-state index in [1.165, 1.54) is 23.5 Å². The molecule has 3 rings (SSSR count). The number of hydrogen-bond acceptors (Lipinski definition) is 12. The molecule has 1 fully saturated rings. The molecular formula is C32H36O10S4. The zero-order valence-electron chi connectivity index (χ0n) is 24.8. The SMILES string of the molecule is O=C(O)/C=C\C(=O)OC(COCC1CSC(COCC(CSc2ccccc2)OC(=O)/C=C\C(=O)O)CS1)CSc1ccccc1. The lowest BCUT2D eigenvalue weighted by Gasteiger charge is -2.28. The molecular weight excluding hydrogens is 673 g/mol. The zero-order valence-corrected chi connectivity index (χ0v) is 28.1. The molecule has 2 aromatic rings. The Balaban J connectivity index is 1.39. The fourth-order valence-electron chi connectivity index (χ4n) is 3.77. The van der Waals surface area contributed by atoms with Crippen LogP contribution in [0.2, 0.25) is 0 Å². The number of carboxylic acids is 2. The smallest absolute Gasteiger partial charge is 0.331 e. The number of rotatable bonds is 20. The fraction of sp³-hybridized carbons (Fsp3) is 0.375. The monoisotopic (exact) mass is 708 g/mol. The molecule has 10 nitrogen and oxygen atoms in total. The van der Waals surface area contributed by atoms with Gasteiger partial charge in [0.25, 0.3) is 0 Å². The second-order valence-corrected chi connectivity index (χ2v) is 14.5. The third kappa shape index (κ3) is 16.6. The number of carbonyl (C=O) groups is 4. The predicted molar refractivity (Wildman–Crippen MR) is 182 cm³/mol. The van der Waals surface area contributed by atoms with Gasteiger partial charge in [-0.1, -0.05) is 36.4 Å². The van der Waals surface area contributed by atoms with Crippen LogP contribution < -0.4 is 0 Å². The Morgan fingerprint density at radius 2 is 1.07 bits per heavy atom. The second kappa shape index (κ2) is 21.8. The van der Waals surface area contributed by atoms with Crippen LogP contribution in [0.25, 0.3) is 0 Å². The van der Waals surface area contributed by atoms with Crippen molar-refractivity contribution in [1.29, 1.82) is 0 Å². The molecule has 0 aliphatic carbocycles. The van der Waals surface area contributed by atoms with E-state index in [1.54, 1.807) is 23.5 Å². The summed E-state index contributed by atoms with van der Waals surface area (Å²) < 4.78 is 22.8. The van der Waals surface area contributed by atoms with Crippen molar-refractivity contribution < 1.29 is 48.3 Å². The molecule has 248 valence electrons. The highest BCUT2D eigenvalue weighted by Crippen LogP contribution is 2.30. The summed E-state index contributed by atoms with van der Waals surface area (Å²) in [6.07, 6.45) is 2.17. The topological polar surface area (TPSA) is 146 Å². The zero-order chi connectivity index (χ0) is 33.0. The first-order valence-corrected chi connectivity index (χ1v) is 18.3. The lowest BCUT2D eigenvalue weighted by Crippen LogP contribution is -2.32. The van der Waals surface area contributed by atoms with Crippen LogP contribution in [0.5, 0.6) is 0 Å². The van der Waals surface area contributed by atoms with Crippen molar-refractivity contribution in [1.82, 2.24) is 0 Å². The van der Waals surface area contributed by atoms with Crippen molar-refractivity contribution in [2.24, 2.45) is 0 Å². The summed E-state index contributed by atoms with van der Waals surface area (Å²) in [5.74, 6) is -1.33. The second-order valence-electron chi connectivity index (χ2n) is 9.69. The number of aliphatic carboxylic acids is 2. The summed E-state index contributed by atoms with van der Waals surface area (Å²) in [5, 5.41) is 18.0. The van der Waals surface area contributed by atoms with Crippen LogP contribution in [-0.4, -0.2) is 106 Å². The molecule has 0 amide bonds. The van der Waals surface area contributed by atoms with Crippen molar-refractivity contribution in [3.8, 4) is 0 Å². The summed E-state index contributed by atoms with van der Waals surface area (Å²) >= 11 is 6.60. The van der Waals surface area contributed by atoms with Crippen molar-refractivity contribution >= 4 is 70.9 Å². The first-order valence-electron chi connectivity index (χ1n) is 14.2. The molecule has 14 heteroatoms. The van der Waals surface area contributed by atoms with Crippen LogP contribution in [0.3, 0.4) is 0 Å². The van der Waals surface area contributed by atoms with E-state index in [0.717, 1.165) is 45.6 Å². The van der Waals surface area contributed by atoms with E-state index in [9.17, 15) is 19.2 Å². The lowest BCUT2D eigenvalue weighted by atomic mass is 10.4. The Morgan fingerprint density at radius 3 is 1.41 bits per heavy atom. The highest BCUT2D eigenvalue weighted by atomic mass is 32.2. The number of carbonyl (C=O) groups excluding carboxylic acids is 2. The lowest BCUT2D eigenvalue weighted by molar-refractivity contribution is -0.145. The Kier molecular flexibility index (Phi) is 17.8. The molecule has 0 bridgehead atoms. The maximum absolute atomic E-state index is 12.1. The number of benzene rings is 2. The fourth-order valence-corrected chi connectivity index (χ4v) is 8.34. The van der Waals surface area contributed by atoms with Crippen LogP contribution >= 0.6 is 47.0 Å². The van der Waals surface area contributed by atoms with Crippen molar-refractivity contribution in [2.75, 3.05) is 49.4 Å². The molecule has 0 aromatic heterocycles. The molecule has 1 aliphatic rings. The minimum atomic E-state index is -1.23. The maximum Gasteiger partial charge on any atom is 0.331 e. The van der Waals surface area contributed by atoms with Gasteiger partial charge in [0.15, 0.2) is 0 Å². The molecule has 2 aromatic carbocycles. The van der Waals surface area contributed by atoms with Gasteiger partial charge in [0.1, 0.15) is 12.2 Å². The third-order valence-electron chi connectivity index (χ3n) is 5.90. The van der Waals surface area contributed by atoms with Crippen LogP contribution in [0.4, 0.5) is 0 Å². The van der Waals surface area contributed by atoms with Gasteiger partial charge in [-0.3, -0.25) is 0 Å². The van der Waals surface area contributed by atoms with Crippen LogP contribution in [0.1, 0.15) is 0 Å². The highest BCUT2D eigenvalue weighted by molar-refractivity contribution is 8.07. The van der Waals surface area contributed by atoms with Gasteiger partial charge < -0.3 is 29.2 Å². The van der Waals surface area contributed by atoms with Crippen LogP contribution in [0.15, 0.2) is 94.8 Å². The summed E-state index contributed by atoms with van der Waals surface area (Å²) in [6, 6.07) is 19.4. The molecule has 0 saturated carbocycles. The number of ether oxygens (including phenoxy) is 4. The highest BCUT2D eigenvalue weighted by Gasteiger charge is 2.24. The van der Waals surface area contributed by atoms with Crippen molar-refractivity contribution in [3.63, 3.8) is 0 Å². The molecule has 1 saturated heterocycles. The summed E-state index contributed by atoms with van der Waals surface area (Å²) in [7, 11) is 0. The average molecular weight is 709 g/mol. The van der Waals surface area contributed by atoms with E-state index in [2.05, 4.69) is 0 Å². The van der Waals surface area contributed by atoms with Crippen LogP contribution in [-0.2, 0) is 38.1 Å². The quantitative estimate of drug-likeness (QED) is 0.109. The molecule has 0 spiro atoms. The van der Waals surface area contributed by atoms with Gasteiger partial charge in [-0.25, -0.2) is 19.2 Å². The Hall–Kier alpha value is -2.88. The molecule has 2 N–H and O–H groups in total. The van der Waals surface area contributed by atoms with E-state index in [4.69, 9.17) is 29.2 Å². The van der Waals surface area contributed by atoms with Gasteiger partial charge in [0.2, 0.25) is 0 Å². The number of hydrogen-bond donors (Lipinski definition) is 2. The first-order chi connectivity index (χ1) is 22.3. The number of thioether (sulfide) groups is 4. The van der Waals surface area contributed by atoms with Gasteiger partial charge in [0, 0.05) is 67.6 Å². The maximum atomic E-state index is 12.1. The van der Waals surface area contributed by atoms with Crippen molar-refractivity contribution in [2.45, 2.75) is 32.5 Å².